The van der Waals surface area contributed by atoms with Gasteiger partial charge in [-0.3, -0.25) is 9.69 Å². The maximum atomic E-state index is 13.9. The Morgan fingerprint density at radius 2 is 1.94 bits per heavy atom. The SMILES string of the molecule is O=C(NCC1CCN(CC=Cc2ccccc2)CC1)c1noc(-c2ccc(F)cc2F)n1. The number of hydrogen-bond donors (Lipinski definition) is 1. The van der Waals surface area contributed by atoms with Gasteiger partial charge in [0, 0.05) is 19.2 Å². The lowest BCUT2D eigenvalue weighted by Crippen LogP contribution is -2.38. The molecule has 0 atom stereocenters. The lowest BCUT2D eigenvalue weighted by Gasteiger charge is -2.31. The molecule has 1 fully saturated rings. The first-order valence-corrected chi connectivity index (χ1v) is 10.6. The summed E-state index contributed by atoms with van der Waals surface area (Å²) < 4.78 is 31.9. The minimum Gasteiger partial charge on any atom is -0.349 e. The second-order valence-corrected chi connectivity index (χ2v) is 7.81. The Morgan fingerprint density at radius 3 is 2.69 bits per heavy atom. The Balaban J connectivity index is 1.22. The van der Waals surface area contributed by atoms with Crippen molar-refractivity contribution in [2.45, 2.75) is 12.8 Å². The van der Waals surface area contributed by atoms with Crippen molar-refractivity contribution in [2.24, 2.45) is 5.92 Å². The van der Waals surface area contributed by atoms with Crippen molar-refractivity contribution >= 4 is 12.0 Å². The van der Waals surface area contributed by atoms with Crippen LogP contribution in [0.3, 0.4) is 0 Å². The standard InChI is InChI=1S/C24H24F2N4O2/c25-19-8-9-20(21(26)15-19)24-28-22(29-32-24)23(31)27-16-18-10-13-30(14-11-18)12-4-7-17-5-2-1-3-6-17/h1-9,15,18H,10-14,16H2,(H,27,31). The van der Waals surface area contributed by atoms with E-state index in [-0.39, 0.29) is 17.3 Å². The van der Waals surface area contributed by atoms with Gasteiger partial charge in [-0.25, -0.2) is 8.78 Å². The number of halogens is 2. The van der Waals surface area contributed by atoms with Crippen LogP contribution >= 0.6 is 0 Å². The molecule has 0 unspecified atom stereocenters. The second-order valence-electron chi connectivity index (χ2n) is 7.81. The highest BCUT2D eigenvalue weighted by molar-refractivity contribution is 5.90. The van der Waals surface area contributed by atoms with Crippen LogP contribution in [-0.2, 0) is 0 Å². The molecular weight excluding hydrogens is 414 g/mol. The average Bonchev–Trinajstić information content (AvgIpc) is 3.29. The molecular formula is C24H24F2N4O2. The van der Waals surface area contributed by atoms with E-state index in [0.29, 0.717) is 12.5 Å². The Kier molecular flexibility index (Phi) is 7.01. The molecule has 0 bridgehead atoms. The van der Waals surface area contributed by atoms with Crippen LogP contribution in [0.1, 0.15) is 29.0 Å². The second kappa shape index (κ2) is 10.3. The summed E-state index contributed by atoms with van der Waals surface area (Å²) in [5, 5.41) is 6.44. The summed E-state index contributed by atoms with van der Waals surface area (Å²) in [7, 11) is 0. The van der Waals surface area contributed by atoms with Crippen LogP contribution in [0.25, 0.3) is 17.5 Å². The van der Waals surface area contributed by atoms with Crippen molar-refractivity contribution in [1.82, 2.24) is 20.4 Å². The molecule has 3 aromatic rings. The largest absolute Gasteiger partial charge is 0.349 e. The molecule has 1 N–H and O–H groups in total. The summed E-state index contributed by atoms with van der Waals surface area (Å²) in [6.45, 7) is 3.35. The van der Waals surface area contributed by atoms with E-state index < -0.39 is 17.5 Å². The van der Waals surface area contributed by atoms with Gasteiger partial charge in [0.2, 0.25) is 0 Å². The number of piperidine rings is 1. The van der Waals surface area contributed by atoms with Gasteiger partial charge in [0.25, 0.3) is 17.6 Å². The maximum absolute atomic E-state index is 13.9. The van der Waals surface area contributed by atoms with Crippen LogP contribution < -0.4 is 5.32 Å². The van der Waals surface area contributed by atoms with Gasteiger partial charge >= 0.3 is 0 Å². The van der Waals surface area contributed by atoms with Crippen molar-refractivity contribution in [1.29, 1.82) is 0 Å². The smallest absolute Gasteiger partial charge is 0.292 e. The van der Waals surface area contributed by atoms with Crippen molar-refractivity contribution in [3.63, 3.8) is 0 Å². The molecule has 1 amide bonds. The lowest BCUT2D eigenvalue weighted by molar-refractivity contribution is 0.0924. The molecule has 0 spiro atoms. The van der Waals surface area contributed by atoms with E-state index in [2.05, 4.69) is 44.6 Å². The van der Waals surface area contributed by atoms with Crippen molar-refractivity contribution in [3.8, 4) is 11.5 Å². The first-order valence-electron chi connectivity index (χ1n) is 10.6. The normalized spacial score (nSPS) is 15.3. The number of hydrogen-bond acceptors (Lipinski definition) is 5. The van der Waals surface area contributed by atoms with Gasteiger partial charge < -0.3 is 9.84 Å². The number of nitrogens with zero attached hydrogens (tertiary/aromatic N) is 3. The summed E-state index contributed by atoms with van der Waals surface area (Å²) in [6, 6.07) is 13.2. The third kappa shape index (κ3) is 5.64. The molecule has 166 valence electrons. The zero-order valence-corrected chi connectivity index (χ0v) is 17.5. The Morgan fingerprint density at radius 1 is 1.16 bits per heavy atom. The van der Waals surface area contributed by atoms with Gasteiger partial charge in [-0.05, 0) is 49.5 Å². The van der Waals surface area contributed by atoms with E-state index in [1.807, 2.05) is 18.2 Å². The molecule has 0 saturated carbocycles. The monoisotopic (exact) mass is 438 g/mol. The number of aromatic nitrogens is 2. The Hall–Kier alpha value is -3.39. The predicted molar refractivity (Wildman–Crippen MR) is 117 cm³/mol. The molecule has 0 aliphatic carbocycles. The highest BCUT2D eigenvalue weighted by Crippen LogP contribution is 2.22. The minimum absolute atomic E-state index is 0.0494. The zero-order valence-electron chi connectivity index (χ0n) is 17.5. The summed E-state index contributed by atoms with van der Waals surface area (Å²) >= 11 is 0. The molecule has 6 nitrogen and oxygen atoms in total. The molecule has 1 aromatic heterocycles. The van der Waals surface area contributed by atoms with Crippen LogP contribution in [0.4, 0.5) is 8.78 Å². The third-order valence-corrected chi connectivity index (χ3v) is 5.52. The van der Waals surface area contributed by atoms with Crippen molar-refractivity contribution < 1.29 is 18.1 Å². The minimum atomic E-state index is -0.828. The summed E-state index contributed by atoms with van der Waals surface area (Å²) in [5.41, 5.74) is 1.14. The molecule has 1 saturated heterocycles. The average molecular weight is 438 g/mol. The fourth-order valence-corrected chi connectivity index (χ4v) is 3.68. The molecule has 2 heterocycles. The highest BCUT2D eigenvalue weighted by Gasteiger charge is 2.22. The van der Waals surface area contributed by atoms with Gasteiger partial charge in [0.1, 0.15) is 11.6 Å². The van der Waals surface area contributed by atoms with Gasteiger partial charge in [-0.2, -0.15) is 4.98 Å². The summed E-state index contributed by atoms with van der Waals surface area (Å²) in [6.07, 6.45) is 6.27. The fourth-order valence-electron chi connectivity index (χ4n) is 3.68. The van der Waals surface area contributed by atoms with E-state index in [1.54, 1.807) is 0 Å². The summed E-state index contributed by atoms with van der Waals surface area (Å²) in [4.78, 5) is 18.7. The molecule has 2 aromatic carbocycles. The number of carbonyl (C=O) groups is 1. The van der Waals surface area contributed by atoms with E-state index in [9.17, 15) is 13.6 Å². The third-order valence-electron chi connectivity index (χ3n) is 5.52. The number of likely N-dealkylation sites (tertiary alicyclic amines) is 1. The molecule has 1 aliphatic heterocycles. The predicted octanol–water partition coefficient (Wildman–Crippen LogP) is 4.17. The first-order chi connectivity index (χ1) is 15.6. The number of rotatable bonds is 7. The number of amides is 1. The van der Waals surface area contributed by atoms with Crippen LogP contribution in [-0.4, -0.2) is 47.1 Å². The topological polar surface area (TPSA) is 71.3 Å². The first kappa shape index (κ1) is 21.8. The Labute approximate surface area is 184 Å². The quantitative estimate of drug-likeness (QED) is 0.600. The van der Waals surface area contributed by atoms with Crippen molar-refractivity contribution in [3.05, 3.63) is 77.6 Å². The van der Waals surface area contributed by atoms with Crippen LogP contribution in [0.15, 0.2) is 59.1 Å². The van der Waals surface area contributed by atoms with Gasteiger partial charge in [0.15, 0.2) is 0 Å². The highest BCUT2D eigenvalue weighted by atomic mass is 19.1. The summed E-state index contributed by atoms with van der Waals surface area (Å²) in [5.74, 6) is -1.98. The van der Waals surface area contributed by atoms with E-state index in [0.717, 1.165) is 44.6 Å². The maximum Gasteiger partial charge on any atom is 0.292 e. The van der Waals surface area contributed by atoms with Gasteiger partial charge in [-0.15, -0.1) is 0 Å². The van der Waals surface area contributed by atoms with Gasteiger partial charge in [0.05, 0.1) is 5.56 Å². The Bertz CT molecular complexity index is 1080. The van der Waals surface area contributed by atoms with Crippen LogP contribution in [0, 0.1) is 17.6 Å². The lowest BCUT2D eigenvalue weighted by atomic mass is 9.97. The fraction of sp³-hybridized carbons (Fsp3) is 0.292. The van der Waals surface area contributed by atoms with E-state index in [1.165, 1.54) is 11.6 Å². The number of carbonyl (C=O) groups excluding carboxylic acids is 1. The molecule has 0 radical (unpaired) electrons. The van der Waals surface area contributed by atoms with Gasteiger partial charge in [-0.1, -0.05) is 47.6 Å². The molecule has 8 heteroatoms. The number of benzene rings is 2. The number of nitrogens with one attached hydrogen (secondary N) is 1. The zero-order chi connectivity index (χ0) is 22.3. The molecule has 4 rings (SSSR count). The van der Waals surface area contributed by atoms with E-state index in [4.69, 9.17) is 4.52 Å². The molecule has 1 aliphatic rings. The molecule has 32 heavy (non-hydrogen) atoms. The van der Waals surface area contributed by atoms with Crippen LogP contribution in [0.5, 0.6) is 0 Å². The van der Waals surface area contributed by atoms with Crippen LogP contribution in [0.2, 0.25) is 0 Å². The van der Waals surface area contributed by atoms with Crippen molar-refractivity contribution in [2.75, 3.05) is 26.2 Å². The van der Waals surface area contributed by atoms with E-state index >= 15 is 0 Å².